The second kappa shape index (κ2) is 2.49. The summed E-state index contributed by atoms with van der Waals surface area (Å²) in [5.74, 6) is 3.97. The molecule has 0 saturated heterocycles. The van der Waals surface area contributed by atoms with Crippen molar-refractivity contribution in [1.82, 2.24) is 0 Å². The Morgan fingerprint density at radius 2 is 2.00 bits per heavy atom. The molecule has 4 saturated carbocycles. The van der Waals surface area contributed by atoms with Gasteiger partial charge in [0.1, 0.15) is 0 Å². The lowest BCUT2D eigenvalue weighted by atomic mass is 9.54. The smallest absolute Gasteiger partial charge is 0.0204 e. The van der Waals surface area contributed by atoms with Crippen molar-refractivity contribution in [2.24, 2.45) is 23.7 Å². The van der Waals surface area contributed by atoms with Crippen LogP contribution in [0.25, 0.3) is 0 Å². The van der Waals surface area contributed by atoms with Gasteiger partial charge in [0.15, 0.2) is 0 Å². The zero-order valence-corrected chi connectivity index (χ0v) is 9.46. The van der Waals surface area contributed by atoms with E-state index in [1.165, 1.54) is 25.7 Å². The van der Waals surface area contributed by atoms with Gasteiger partial charge in [-0.25, -0.2) is 0 Å². The van der Waals surface area contributed by atoms with Crippen molar-refractivity contribution in [2.45, 2.75) is 29.6 Å². The van der Waals surface area contributed by atoms with E-state index in [2.05, 4.69) is 29.2 Å². The van der Waals surface area contributed by atoms with Crippen molar-refractivity contribution in [2.75, 3.05) is 0 Å². The van der Waals surface area contributed by atoms with Crippen LogP contribution in [0, 0.1) is 23.7 Å². The van der Waals surface area contributed by atoms with Gasteiger partial charge in [-0.1, -0.05) is 34.7 Å². The predicted molar refractivity (Wildman–Crippen MR) is 59.4 cm³/mol. The highest BCUT2D eigenvalue weighted by atomic mass is 127. The molecule has 4 fully saturated rings. The highest BCUT2D eigenvalue weighted by Gasteiger charge is 2.48. The third-order valence-corrected chi connectivity index (χ3v) is 6.15. The summed E-state index contributed by atoms with van der Waals surface area (Å²) >= 11 is 2.68. The van der Waals surface area contributed by atoms with Crippen LogP contribution in [0.4, 0.5) is 0 Å². The standard InChI is InChI=1S/C11H15I/c1-6-8-2-7-3-9(5-8)11(12)10(6)4-7/h7-11H,1-5H2/t7?,8?,9?,10?,11-/m1/s1. The summed E-state index contributed by atoms with van der Waals surface area (Å²) in [7, 11) is 0. The van der Waals surface area contributed by atoms with Crippen LogP contribution in [0.5, 0.6) is 0 Å². The molecular weight excluding hydrogens is 259 g/mol. The SMILES string of the molecule is C=C1C2CC3CC(C2)[C@@H](I)C1C3. The minimum Gasteiger partial charge on any atom is -0.0993 e. The fraction of sp³-hybridized carbons (Fsp3) is 0.818. The average Bonchev–Trinajstić information content (AvgIpc) is 2.07. The Kier molecular flexibility index (Phi) is 1.63. The maximum absolute atomic E-state index is 4.30. The summed E-state index contributed by atoms with van der Waals surface area (Å²) in [6.45, 7) is 4.30. The Morgan fingerprint density at radius 3 is 2.83 bits per heavy atom. The fourth-order valence-electron chi connectivity index (χ4n) is 3.72. The van der Waals surface area contributed by atoms with Gasteiger partial charge in [-0.2, -0.15) is 0 Å². The Labute approximate surface area is 87.9 Å². The molecule has 4 aliphatic carbocycles. The van der Waals surface area contributed by atoms with Gasteiger partial charge in [-0.3, -0.25) is 0 Å². The van der Waals surface area contributed by atoms with Crippen LogP contribution in [-0.4, -0.2) is 3.92 Å². The van der Waals surface area contributed by atoms with Crippen molar-refractivity contribution in [3.8, 4) is 0 Å². The van der Waals surface area contributed by atoms with Gasteiger partial charge in [0.25, 0.3) is 0 Å². The minimum atomic E-state index is 0.904. The Bertz CT molecular complexity index is 233. The molecule has 5 atom stereocenters. The zero-order valence-electron chi connectivity index (χ0n) is 7.30. The first-order chi connectivity index (χ1) is 5.75. The van der Waals surface area contributed by atoms with Gasteiger partial charge >= 0.3 is 0 Å². The summed E-state index contributed by atoms with van der Waals surface area (Å²) in [5.41, 5.74) is 1.61. The van der Waals surface area contributed by atoms with E-state index in [0.29, 0.717) is 0 Å². The fourth-order valence-corrected chi connectivity index (χ4v) is 5.06. The molecule has 0 aliphatic heterocycles. The van der Waals surface area contributed by atoms with E-state index in [9.17, 15) is 0 Å². The Balaban J connectivity index is 1.98. The molecule has 0 amide bonds. The van der Waals surface area contributed by atoms with Crippen molar-refractivity contribution in [3.63, 3.8) is 0 Å². The predicted octanol–water partition coefficient (Wildman–Crippen LogP) is 3.41. The van der Waals surface area contributed by atoms with Crippen LogP contribution >= 0.6 is 22.6 Å². The minimum absolute atomic E-state index is 0.904. The highest BCUT2D eigenvalue weighted by Crippen LogP contribution is 2.57. The second-order valence-corrected chi connectivity index (χ2v) is 6.33. The molecule has 4 unspecified atom stereocenters. The van der Waals surface area contributed by atoms with Crippen molar-refractivity contribution >= 4 is 22.6 Å². The van der Waals surface area contributed by atoms with E-state index >= 15 is 0 Å². The van der Waals surface area contributed by atoms with Crippen LogP contribution in [0.15, 0.2) is 12.2 Å². The van der Waals surface area contributed by atoms with E-state index in [1.54, 1.807) is 5.57 Å². The lowest BCUT2D eigenvalue weighted by Gasteiger charge is -2.54. The average molecular weight is 274 g/mol. The first-order valence-corrected chi connectivity index (χ1v) is 6.33. The van der Waals surface area contributed by atoms with Crippen molar-refractivity contribution in [3.05, 3.63) is 12.2 Å². The molecular formula is C11H15I. The molecule has 0 N–H and O–H groups in total. The largest absolute Gasteiger partial charge is 0.0993 e. The molecule has 1 heteroatoms. The van der Waals surface area contributed by atoms with Crippen LogP contribution in [0.1, 0.15) is 25.7 Å². The van der Waals surface area contributed by atoms with Gasteiger partial charge in [-0.05, 0) is 49.4 Å². The summed E-state index contributed by atoms with van der Waals surface area (Å²) in [6.07, 6.45) is 5.96. The van der Waals surface area contributed by atoms with Gasteiger partial charge in [0, 0.05) is 3.92 Å². The third kappa shape index (κ3) is 0.891. The summed E-state index contributed by atoms with van der Waals surface area (Å²) in [4.78, 5) is 0. The Hall–Kier alpha value is 0.470. The number of halogens is 1. The van der Waals surface area contributed by atoms with Crippen LogP contribution in [-0.2, 0) is 0 Å². The van der Waals surface area contributed by atoms with Crippen molar-refractivity contribution < 1.29 is 0 Å². The van der Waals surface area contributed by atoms with Crippen LogP contribution in [0.2, 0.25) is 0 Å². The molecule has 4 rings (SSSR count). The first kappa shape index (κ1) is 7.84. The molecule has 0 spiro atoms. The molecule has 4 bridgehead atoms. The number of alkyl halides is 1. The van der Waals surface area contributed by atoms with E-state index in [0.717, 1.165) is 27.6 Å². The molecule has 0 aromatic rings. The third-order valence-electron chi connectivity index (χ3n) is 4.26. The second-order valence-electron chi connectivity index (χ2n) is 4.89. The van der Waals surface area contributed by atoms with E-state index in [4.69, 9.17) is 0 Å². The van der Waals surface area contributed by atoms with E-state index in [1.807, 2.05) is 0 Å². The monoisotopic (exact) mass is 274 g/mol. The quantitative estimate of drug-likeness (QED) is 0.361. The molecule has 66 valence electrons. The van der Waals surface area contributed by atoms with Gasteiger partial charge in [0.2, 0.25) is 0 Å². The Morgan fingerprint density at radius 1 is 1.17 bits per heavy atom. The summed E-state index contributed by atoms with van der Waals surface area (Å²) < 4.78 is 0.933. The molecule has 0 heterocycles. The number of rotatable bonds is 0. The summed E-state index contributed by atoms with van der Waals surface area (Å²) in [6, 6.07) is 0. The molecule has 4 aliphatic rings. The topological polar surface area (TPSA) is 0 Å². The number of allylic oxidation sites excluding steroid dienone is 1. The molecule has 12 heavy (non-hydrogen) atoms. The first-order valence-electron chi connectivity index (χ1n) is 5.08. The van der Waals surface area contributed by atoms with Crippen molar-refractivity contribution in [1.29, 1.82) is 0 Å². The lowest BCUT2D eigenvalue weighted by molar-refractivity contribution is 0.0829. The van der Waals surface area contributed by atoms with Gasteiger partial charge in [-0.15, -0.1) is 0 Å². The highest BCUT2D eigenvalue weighted by molar-refractivity contribution is 14.1. The van der Waals surface area contributed by atoms with E-state index in [-0.39, 0.29) is 0 Å². The molecule has 0 radical (unpaired) electrons. The van der Waals surface area contributed by atoms with Gasteiger partial charge in [0.05, 0.1) is 0 Å². The molecule has 0 nitrogen and oxygen atoms in total. The number of hydrogen-bond donors (Lipinski definition) is 0. The van der Waals surface area contributed by atoms with Crippen LogP contribution < -0.4 is 0 Å². The normalized spacial score (nSPS) is 56.4. The van der Waals surface area contributed by atoms with Crippen LogP contribution in [0.3, 0.4) is 0 Å². The zero-order chi connectivity index (χ0) is 8.29. The lowest BCUT2D eigenvalue weighted by Crippen LogP contribution is -2.46. The summed E-state index contributed by atoms with van der Waals surface area (Å²) in [5, 5.41) is 0. The maximum Gasteiger partial charge on any atom is 0.0204 e. The number of hydrogen-bond acceptors (Lipinski definition) is 0. The molecule has 0 aromatic heterocycles. The van der Waals surface area contributed by atoms with E-state index < -0.39 is 0 Å². The molecule has 0 aromatic carbocycles. The maximum atomic E-state index is 4.30. The van der Waals surface area contributed by atoms with Gasteiger partial charge < -0.3 is 0 Å².